The van der Waals surface area contributed by atoms with Crippen LogP contribution in [0, 0.1) is 0 Å². The van der Waals surface area contributed by atoms with Crippen LogP contribution in [0.1, 0.15) is 5.89 Å². The first-order valence-electron chi connectivity index (χ1n) is 5.24. The van der Waals surface area contributed by atoms with E-state index in [1.165, 1.54) is 6.07 Å². The Bertz CT molecular complexity index is 536. The number of benzene rings is 1. The molecule has 0 atom stereocenters. The summed E-state index contributed by atoms with van der Waals surface area (Å²) in [5.41, 5.74) is 6.37. The molecule has 17 heavy (non-hydrogen) atoms. The second kappa shape index (κ2) is 4.84. The first-order chi connectivity index (χ1) is 8.19. The van der Waals surface area contributed by atoms with Gasteiger partial charge in [0.25, 0.3) is 0 Å². The smallest absolute Gasteiger partial charge is 0.233 e. The van der Waals surface area contributed by atoms with Crippen molar-refractivity contribution in [2.75, 3.05) is 13.1 Å². The highest BCUT2D eigenvalue weighted by Crippen LogP contribution is 2.20. The molecule has 0 saturated carbocycles. The fourth-order valence-electron chi connectivity index (χ4n) is 1.45. The van der Waals surface area contributed by atoms with Gasteiger partial charge in [0.15, 0.2) is 11.5 Å². The third-order valence-electron chi connectivity index (χ3n) is 2.26. The van der Waals surface area contributed by atoms with E-state index >= 15 is 0 Å². The summed E-state index contributed by atoms with van der Waals surface area (Å²) in [7, 11) is 0. The van der Waals surface area contributed by atoms with Gasteiger partial charge >= 0.3 is 0 Å². The zero-order valence-corrected chi connectivity index (χ0v) is 9.14. The molecule has 1 heterocycles. The van der Waals surface area contributed by atoms with Gasteiger partial charge in [-0.25, -0.2) is 4.98 Å². The lowest BCUT2D eigenvalue weighted by Crippen LogP contribution is -2.31. The fraction of sp³-hybridized carbons (Fsp3) is 0.273. The molecular formula is C11H13N3O3. The van der Waals surface area contributed by atoms with Crippen molar-refractivity contribution < 1.29 is 14.3 Å². The summed E-state index contributed by atoms with van der Waals surface area (Å²) in [4.78, 5) is 15.1. The van der Waals surface area contributed by atoms with Crippen molar-refractivity contribution in [2.24, 2.45) is 5.73 Å². The molecule has 4 N–H and O–H groups in total. The normalized spacial score (nSPS) is 10.6. The van der Waals surface area contributed by atoms with E-state index in [1.807, 2.05) is 0 Å². The van der Waals surface area contributed by atoms with Crippen molar-refractivity contribution in [3.8, 4) is 5.75 Å². The second-order valence-electron chi connectivity index (χ2n) is 3.56. The number of nitrogens with two attached hydrogens (primary N) is 1. The van der Waals surface area contributed by atoms with Gasteiger partial charge in [-0.2, -0.15) is 0 Å². The molecule has 2 rings (SSSR count). The standard InChI is InChI=1S/C11H13N3O3/c12-6-10(16)13-4-3-11-14-8-2-1-7(15)5-9(8)17-11/h1-2,5,15H,3-4,6,12H2,(H,13,16). The van der Waals surface area contributed by atoms with Crippen LogP contribution < -0.4 is 11.1 Å². The van der Waals surface area contributed by atoms with Crippen molar-refractivity contribution in [2.45, 2.75) is 6.42 Å². The van der Waals surface area contributed by atoms with Crippen LogP contribution in [-0.2, 0) is 11.2 Å². The van der Waals surface area contributed by atoms with Gasteiger partial charge in [-0.1, -0.05) is 0 Å². The lowest BCUT2D eigenvalue weighted by Gasteiger charge is -1.99. The first kappa shape index (κ1) is 11.4. The molecule has 1 aromatic carbocycles. The zero-order chi connectivity index (χ0) is 12.3. The summed E-state index contributed by atoms with van der Waals surface area (Å²) in [5, 5.41) is 11.9. The molecule has 0 bridgehead atoms. The van der Waals surface area contributed by atoms with Crippen LogP contribution in [0.15, 0.2) is 22.6 Å². The highest BCUT2D eigenvalue weighted by molar-refractivity contribution is 5.77. The Labute approximate surface area is 97.4 Å². The van der Waals surface area contributed by atoms with E-state index in [9.17, 15) is 9.90 Å². The van der Waals surface area contributed by atoms with Gasteiger partial charge in [0.05, 0.1) is 6.54 Å². The molecule has 2 aromatic rings. The van der Waals surface area contributed by atoms with Gasteiger partial charge in [0.1, 0.15) is 11.3 Å². The van der Waals surface area contributed by atoms with Crippen LogP contribution >= 0.6 is 0 Å². The molecular weight excluding hydrogens is 222 g/mol. The summed E-state index contributed by atoms with van der Waals surface area (Å²) in [5.74, 6) is 0.443. The number of phenols is 1. The van der Waals surface area contributed by atoms with Gasteiger partial charge in [-0.05, 0) is 12.1 Å². The van der Waals surface area contributed by atoms with E-state index < -0.39 is 0 Å². The molecule has 0 aliphatic rings. The SMILES string of the molecule is NCC(=O)NCCc1nc2ccc(O)cc2o1. The number of phenolic OH excluding ortho intramolecular Hbond substituents is 1. The molecule has 0 unspecified atom stereocenters. The molecule has 6 heteroatoms. The summed E-state index contributed by atoms with van der Waals surface area (Å²) < 4.78 is 5.41. The monoisotopic (exact) mass is 235 g/mol. The van der Waals surface area contributed by atoms with Crippen LogP contribution in [0.5, 0.6) is 5.75 Å². The Hall–Kier alpha value is -2.08. The Balaban J connectivity index is 2.02. The number of aromatic hydroxyl groups is 1. The predicted molar refractivity (Wildman–Crippen MR) is 61.4 cm³/mol. The average Bonchev–Trinajstić information content (AvgIpc) is 2.70. The lowest BCUT2D eigenvalue weighted by molar-refractivity contribution is -0.119. The highest BCUT2D eigenvalue weighted by Gasteiger charge is 2.06. The van der Waals surface area contributed by atoms with Crippen LogP contribution in [-0.4, -0.2) is 29.1 Å². The van der Waals surface area contributed by atoms with E-state index in [0.29, 0.717) is 30.0 Å². The number of aromatic nitrogens is 1. The minimum absolute atomic E-state index is 0.0264. The number of hydrogen-bond donors (Lipinski definition) is 3. The van der Waals surface area contributed by atoms with Gasteiger partial charge in [0.2, 0.25) is 5.91 Å². The molecule has 0 radical (unpaired) electrons. The van der Waals surface area contributed by atoms with E-state index in [1.54, 1.807) is 12.1 Å². The molecule has 0 saturated heterocycles. The minimum atomic E-state index is -0.209. The molecule has 0 spiro atoms. The fourth-order valence-corrected chi connectivity index (χ4v) is 1.45. The van der Waals surface area contributed by atoms with E-state index in [-0.39, 0.29) is 18.2 Å². The number of nitrogens with zero attached hydrogens (tertiary/aromatic N) is 1. The topological polar surface area (TPSA) is 101 Å². The summed E-state index contributed by atoms with van der Waals surface area (Å²) in [6.45, 7) is 0.399. The van der Waals surface area contributed by atoms with Crippen molar-refractivity contribution in [1.82, 2.24) is 10.3 Å². The summed E-state index contributed by atoms with van der Waals surface area (Å²) in [6.07, 6.45) is 0.487. The maximum absolute atomic E-state index is 10.9. The zero-order valence-electron chi connectivity index (χ0n) is 9.14. The number of amides is 1. The molecule has 1 aromatic heterocycles. The molecule has 0 aliphatic heterocycles. The highest BCUT2D eigenvalue weighted by atomic mass is 16.3. The number of oxazole rings is 1. The summed E-state index contributed by atoms with van der Waals surface area (Å²) in [6, 6.07) is 4.73. The predicted octanol–water partition coefficient (Wildman–Crippen LogP) is 0.151. The van der Waals surface area contributed by atoms with Crippen molar-refractivity contribution in [3.05, 3.63) is 24.1 Å². The molecule has 1 amide bonds. The number of nitrogens with one attached hydrogen (secondary N) is 1. The third kappa shape index (κ3) is 2.73. The molecule has 6 nitrogen and oxygen atoms in total. The van der Waals surface area contributed by atoms with Crippen LogP contribution in [0.3, 0.4) is 0 Å². The van der Waals surface area contributed by atoms with Crippen molar-refractivity contribution in [3.63, 3.8) is 0 Å². The number of carbonyl (C=O) groups is 1. The van der Waals surface area contributed by atoms with Gasteiger partial charge in [-0.3, -0.25) is 4.79 Å². The largest absolute Gasteiger partial charge is 0.508 e. The van der Waals surface area contributed by atoms with Crippen molar-refractivity contribution in [1.29, 1.82) is 0 Å². The average molecular weight is 235 g/mol. The number of carbonyl (C=O) groups excluding carboxylic acids is 1. The van der Waals surface area contributed by atoms with E-state index in [4.69, 9.17) is 10.2 Å². The van der Waals surface area contributed by atoms with Crippen LogP contribution in [0.2, 0.25) is 0 Å². The number of hydrogen-bond acceptors (Lipinski definition) is 5. The van der Waals surface area contributed by atoms with Crippen LogP contribution in [0.25, 0.3) is 11.1 Å². The Morgan fingerprint density at radius 2 is 2.35 bits per heavy atom. The summed E-state index contributed by atoms with van der Waals surface area (Å²) >= 11 is 0. The Morgan fingerprint density at radius 1 is 1.53 bits per heavy atom. The lowest BCUT2D eigenvalue weighted by atomic mass is 10.3. The van der Waals surface area contributed by atoms with E-state index in [0.717, 1.165) is 0 Å². The van der Waals surface area contributed by atoms with E-state index in [2.05, 4.69) is 10.3 Å². The van der Waals surface area contributed by atoms with Crippen molar-refractivity contribution >= 4 is 17.0 Å². The third-order valence-corrected chi connectivity index (χ3v) is 2.26. The molecule has 0 fully saturated rings. The second-order valence-corrected chi connectivity index (χ2v) is 3.56. The van der Waals surface area contributed by atoms with Gasteiger partial charge in [-0.15, -0.1) is 0 Å². The number of fused-ring (bicyclic) bond motifs is 1. The number of rotatable bonds is 4. The van der Waals surface area contributed by atoms with Gasteiger partial charge < -0.3 is 20.6 Å². The molecule has 0 aliphatic carbocycles. The molecule has 90 valence electrons. The van der Waals surface area contributed by atoms with Gasteiger partial charge in [0, 0.05) is 19.0 Å². The quantitative estimate of drug-likeness (QED) is 0.700. The Morgan fingerprint density at radius 3 is 3.12 bits per heavy atom. The van der Waals surface area contributed by atoms with Crippen LogP contribution in [0.4, 0.5) is 0 Å². The maximum atomic E-state index is 10.9. The maximum Gasteiger partial charge on any atom is 0.233 e. The first-order valence-corrected chi connectivity index (χ1v) is 5.24. The Kier molecular flexibility index (Phi) is 3.24. The minimum Gasteiger partial charge on any atom is -0.508 e.